The van der Waals surface area contributed by atoms with Gasteiger partial charge in [-0.05, 0) is 63.5 Å². The topological polar surface area (TPSA) is 27.7 Å². The lowest BCUT2D eigenvalue weighted by atomic mass is 10.1. The van der Waals surface area contributed by atoms with Gasteiger partial charge in [-0.2, -0.15) is 0 Å². The molecule has 3 nitrogen and oxygen atoms in total. The highest BCUT2D eigenvalue weighted by molar-refractivity contribution is 5.53. The maximum Gasteiger partial charge on any atom is 0.573 e. The van der Waals surface area contributed by atoms with Gasteiger partial charge in [-0.3, -0.25) is 0 Å². The van der Waals surface area contributed by atoms with E-state index in [0.717, 1.165) is 25.7 Å². The molecule has 0 radical (unpaired) electrons. The Hall–Kier alpha value is -1.85. The molecule has 2 aliphatic carbocycles. The lowest BCUT2D eigenvalue weighted by Crippen LogP contribution is -2.20. The van der Waals surface area contributed by atoms with Gasteiger partial charge in [0.15, 0.2) is 11.5 Å². The van der Waals surface area contributed by atoms with Gasteiger partial charge in [-0.1, -0.05) is 25.0 Å². The molecule has 0 bridgehead atoms. The minimum absolute atomic E-state index is 0.0545. The Morgan fingerprint density at radius 2 is 1.63 bits per heavy atom. The quantitative estimate of drug-likeness (QED) is 0.513. The first-order valence-corrected chi connectivity index (χ1v) is 9.78. The lowest BCUT2D eigenvalue weighted by Gasteiger charge is -2.21. The van der Waals surface area contributed by atoms with Crippen molar-refractivity contribution in [2.24, 2.45) is 5.92 Å². The number of halogens is 3. The normalized spacial score (nSPS) is 19.1. The molecular weight excluding hydrogens is 357 g/mol. The van der Waals surface area contributed by atoms with Gasteiger partial charge in [0.25, 0.3) is 0 Å². The van der Waals surface area contributed by atoms with Crippen LogP contribution >= 0.6 is 0 Å². The Bertz CT molecular complexity index is 643. The van der Waals surface area contributed by atoms with Crippen molar-refractivity contribution in [2.45, 2.75) is 70.8 Å². The average molecular weight is 384 g/mol. The van der Waals surface area contributed by atoms with E-state index in [1.807, 2.05) is 6.08 Å². The van der Waals surface area contributed by atoms with Crippen molar-refractivity contribution in [1.82, 2.24) is 0 Å². The van der Waals surface area contributed by atoms with E-state index in [4.69, 9.17) is 9.47 Å². The summed E-state index contributed by atoms with van der Waals surface area (Å²) in [6.07, 6.45) is 7.96. The van der Waals surface area contributed by atoms with Crippen LogP contribution in [0.4, 0.5) is 13.2 Å². The highest BCUT2D eigenvalue weighted by atomic mass is 19.4. The molecule has 0 unspecified atom stereocenters. The molecule has 0 aliphatic heterocycles. The molecule has 2 saturated carbocycles. The van der Waals surface area contributed by atoms with Crippen LogP contribution in [0.2, 0.25) is 0 Å². The van der Waals surface area contributed by atoms with Crippen LogP contribution < -0.4 is 14.2 Å². The molecule has 150 valence electrons. The second kappa shape index (κ2) is 8.89. The van der Waals surface area contributed by atoms with Gasteiger partial charge in [0.2, 0.25) is 0 Å². The van der Waals surface area contributed by atoms with E-state index in [1.165, 1.54) is 31.7 Å². The largest absolute Gasteiger partial charge is 0.573 e. The van der Waals surface area contributed by atoms with Gasteiger partial charge in [0.1, 0.15) is 12.4 Å². The summed E-state index contributed by atoms with van der Waals surface area (Å²) in [5.41, 5.74) is 0.303. The number of hydrogen-bond acceptors (Lipinski definition) is 3. The Kier molecular flexibility index (Phi) is 6.55. The van der Waals surface area contributed by atoms with Gasteiger partial charge in [0.05, 0.1) is 6.10 Å². The Morgan fingerprint density at radius 3 is 2.30 bits per heavy atom. The highest BCUT2D eigenvalue weighted by Gasteiger charge is 2.34. The fraction of sp³-hybridized carbons (Fsp3) is 0.619. The molecule has 0 N–H and O–H groups in total. The van der Waals surface area contributed by atoms with Crippen molar-refractivity contribution < 1.29 is 27.4 Å². The first-order chi connectivity index (χ1) is 12.9. The van der Waals surface area contributed by atoms with Gasteiger partial charge in [-0.15, -0.1) is 13.2 Å². The summed E-state index contributed by atoms with van der Waals surface area (Å²) in [5, 5.41) is 0. The third-order valence-corrected chi connectivity index (χ3v) is 5.28. The van der Waals surface area contributed by atoms with Gasteiger partial charge < -0.3 is 14.2 Å². The van der Waals surface area contributed by atoms with Crippen molar-refractivity contribution in [2.75, 3.05) is 6.61 Å². The number of benzene rings is 1. The molecule has 0 saturated heterocycles. The summed E-state index contributed by atoms with van der Waals surface area (Å²) in [6, 6.07) is 3.18. The third-order valence-electron chi connectivity index (χ3n) is 5.28. The van der Waals surface area contributed by atoms with E-state index in [0.29, 0.717) is 23.8 Å². The van der Waals surface area contributed by atoms with Crippen LogP contribution in [-0.4, -0.2) is 19.1 Å². The summed E-state index contributed by atoms with van der Waals surface area (Å²) in [6.45, 7) is 1.89. The zero-order valence-electron chi connectivity index (χ0n) is 15.7. The number of allylic oxidation sites excluding steroid dienone is 1. The molecule has 27 heavy (non-hydrogen) atoms. The smallest absolute Gasteiger partial charge is 0.489 e. The molecular formula is C21H27F3O3. The molecule has 1 aromatic carbocycles. The van der Waals surface area contributed by atoms with Crippen molar-refractivity contribution >= 4 is 0 Å². The van der Waals surface area contributed by atoms with E-state index in [2.05, 4.69) is 10.8 Å². The fourth-order valence-corrected chi connectivity index (χ4v) is 3.86. The molecule has 0 heterocycles. The number of ether oxygens (including phenoxy) is 3. The van der Waals surface area contributed by atoms with Crippen molar-refractivity contribution in [3.05, 3.63) is 29.8 Å². The first-order valence-electron chi connectivity index (χ1n) is 9.78. The maximum atomic E-state index is 12.9. The molecule has 2 fully saturated rings. The Balaban J connectivity index is 1.70. The average Bonchev–Trinajstić information content (AvgIpc) is 3.29. The molecule has 6 heteroatoms. The molecule has 3 rings (SSSR count). The van der Waals surface area contributed by atoms with Crippen LogP contribution in [0, 0.1) is 12.8 Å². The van der Waals surface area contributed by atoms with E-state index in [9.17, 15) is 13.2 Å². The van der Waals surface area contributed by atoms with Crippen LogP contribution in [0.5, 0.6) is 17.2 Å². The van der Waals surface area contributed by atoms with Gasteiger partial charge in [-0.25, -0.2) is 0 Å². The summed E-state index contributed by atoms with van der Waals surface area (Å²) >= 11 is 0. The summed E-state index contributed by atoms with van der Waals surface area (Å²) in [7, 11) is 0. The number of alkyl halides is 3. The first kappa shape index (κ1) is 19.9. The minimum Gasteiger partial charge on any atom is -0.489 e. The maximum absolute atomic E-state index is 12.9. The van der Waals surface area contributed by atoms with Crippen molar-refractivity contribution in [3.63, 3.8) is 0 Å². The monoisotopic (exact) mass is 384 g/mol. The molecule has 0 spiro atoms. The fourth-order valence-electron chi connectivity index (χ4n) is 3.86. The van der Waals surface area contributed by atoms with Crippen molar-refractivity contribution in [3.8, 4) is 17.2 Å². The Labute approximate surface area is 158 Å². The highest BCUT2D eigenvalue weighted by Crippen LogP contribution is 2.41. The van der Waals surface area contributed by atoms with Crippen LogP contribution in [-0.2, 0) is 0 Å². The summed E-state index contributed by atoms with van der Waals surface area (Å²) in [4.78, 5) is 0. The second-order valence-corrected chi connectivity index (χ2v) is 7.37. The summed E-state index contributed by atoms with van der Waals surface area (Å²) in [5.74, 6) is 0.808. The molecule has 0 atom stereocenters. The lowest BCUT2D eigenvalue weighted by molar-refractivity contribution is -0.275. The zero-order valence-corrected chi connectivity index (χ0v) is 15.7. The molecule has 0 amide bonds. The van der Waals surface area contributed by atoms with Gasteiger partial charge in [0, 0.05) is 5.56 Å². The predicted molar refractivity (Wildman–Crippen MR) is 97.3 cm³/mol. The molecule has 1 aromatic rings. The SMILES string of the molecule is Cc1c(OC/C=C/C2CCCC2)ccc(OC2CCCC2)c1OC(F)(F)F. The summed E-state index contributed by atoms with van der Waals surface area (Å²) < 4.78 is 54.4. The van der Waals surface area contributed by atoms with E-state index >= 15 is 0 Å². The van der Waals surface area contributed by atoms with E-state index < -0.39 is 6.36 Å². The standard InChI is InChI=1S/C21H27F3O3/c1-15-18(25-14-6-9-16-7-2-3-8-16)12-13-19(20(15)27-21(22,23)24)26-17-10-4-5-11-17/h6,9,12-13,16-17H,2-5,7-8,10-11,14H2,1H3/b9-6+. The molecule has 2 aliphatic rings. The predicted octanol–water partition coefficient (Wildman–Crippen LogP) is 6.34. The molecule has 0 aromatic heterocycles. The van der Waals surface area contributed by atoms with Crippen molar-refractivity contribution in [1.29, 1.82) is 0 Å². The van der Waals surface area contributed by atoms with Crippen LogP contribution in [0.15, 0.2) is 24.3 Å². The van der Waals surface area contributed by atoms with Crippen LogP contribution in [0.1, 0.15) is 56.9 Å². The van der Waals surface area contributed by atoms with Gasteiger partial charge >= 0.3 is 6.36 Å². The van der Waals surface area contributed by atoms with E-state index in [1.54, 1.807) is 13.0 Å². The number of rotatable bonds is 7. The van der Waals surface area contributed by atoms with Crippen LogP contribution in [0.25, 0.3) is 0 Å². The second-order valence-electron chi connectivity index (χ2n) is 7.37. The van der Waals surface area contributed by atoms with Crippen LogP contribution in [0.3, 0.4) is 0 Å². The Morgan fingerprint density at radius 1 is 1.00 bits per heavy atom. The zero-order chi connectivity index (χ0) is 19.3. The minimum atomic E-state index is -4.78. The third kappa shape index (κ3) is 5.81. The van der Waals surface area contributed by atoms with E-state index in [-0.39, 0.29) is 17.6 Å². The number of hydrogen-bond donors (Lipinski definition) is 0.